The highest BCUT2D eigenvalue weighted by Crippen LogP contribution is 2.36. The van der Waals surface area contributed by atoms with Crippen LogP contribution < -0.4 is 14.8 Å². The summed E-state index contributed by atoms with van der Waals surface area (Å²) in [5.41, 5.74) is 0.575. The molecule has 1 saturated carbocycles. The van der Waals surface area contributed by atoms with Gasteiger partial charge >= 0.3 is 5.97 Å². The van der Waals surface area contributed by atoms with Crippen LogP contribution in [0.25, 0.3) is 0 Å². The molecule has 1 aromatic heterocycles. The van der Waals surface area contributed by atoms with Crippen molar-refractivity contribution in [3.63, 3.8) is 0 Å². The number of carbonyl (C=O) groups is 2. The van der Waals surface area contributed by atoms with Crippen LogP contribution >= 0.6 is 15.9 Å². The van der Waals surface area contributed by atoms with Crippen LogP contribution in [-0.4, -0.2) is 54.2 Å². The topological polar surface area (TPSA) is 105 Å². The fourth-order valence-corrected chi connectivity index (χ4v) is 4.04. The molecule has 1 aliphatic rings. The van der Waals surface area contributed by atoms with Crippen LogP contribution in [0.3, 0.4) is 0 Å². The Morgan fingerprint density at radius 1 is 1.14 bits per heavy atom. The first-order valence-electron chi connectivity index (χ1n) is 9.21. The minimum atomic E-state index is -0.540. The maximum absolute atomic E-state index is 12.9. The fraction of sp³-hybridized carbons (Fsp3) is 0.474. The molecule has 29 heavy (non-hydrogen) atoms. The molecule has 0 saturated heterocycles. The van der Waals surface area contributed by atoms with Crippen LogP contribution in [0.1, 0.15) is 52.6 Å². The molecule has 1 heterocycles. The molecule has 9 nitrogen and oxygen atoms in total. The van der Waals surface area contributed by atoms with Gasteiger partial charge in [0.15, 0.2) is 5.69 Å². The molecule has 156 valence electrons. The van der Waals surface area contributed by atoms with Crippen LogP contribution in [0, 0.1) is 0 Å². The van der Waals surface area contributed by atoms with Crippen molar-refractivity contribution in [1.29, 1.82) is 0 Å². The second-order valence-corrected chi connectivity index (χ2v) is 7.49. The van der Waals surface area contributed by atoms with Crippen molar-refractivity contribution in [1.82, 2.24) is 20.3 Å². The largest absolute Gasteiger partial charge is 0.495 e. The van der Waals surface area contributed by atoms with Crippen molar-refractivity contribution < 1.29 is 23.8 Å². The Hall–Kier alpha value is -2.62. The average molecular weight is 467 g/mol. The van der Waals surface area contributed by atoms with Crippen molar-refractivity contribution >= 4 is 27.8 Å². The zero-order valence-corrected chi connectivity index (χ0v) is 18.1. The van der Waals surface area contributed by atoms with Crippen molar-refractivity contribution in [3.8, 4) is 11.5 Å². The second kappa shape index (κ2) is 9.25. The van der Waals surface area contributed by atoms with E-state index < -0.39 is 5.97 Å². The van der Waals surface area contributed by atoms with E-state index in [0.717, 1.165) is 25.7 Å². The SMILES string of the molecule is COC(=O)c1cn([C@@H]2CCCC[C@@H]2NC(=O)c2cc(OC)c(Br)c(OC)c2)nn1. The minimum Gasteiger partial charge on any atom is -0.495 e. The first-order valence-corrected chi connectivity index (χ1v) is 10.00. The zero-order chi connectivity index (χ0) is 21.0. The lowest BCUT2D eigenvalue weighted by Crippen LogP contribution is -2.43. The maximum Gasteiger partial charge on any atom is 0.360 e. The van der Waals surface area contributed by atoms with Gasteiger partial charge in [0.25, 0.3) is 5.91 Å². The molecule has 0 aliphatic heterocycles. The van der Waals surface area contributed by atoms with E-state index in [1.54, 1.807) is 23.0 Å². The normalized spacial score (nSPS) is 18.8. The smallest absolute Gasteiger partial charge is 0.360 e. The summed E-state index contributed by atoms with van der Waals surface area (Å²) in [7, 11) is 4.36. The third-order valence-electron chi connectivity index (χ3n) is 5.00. The molecule has 10 heteroatoms. The number of esters is 1. The van der Waals surface area contributed by atoms with Gasteiger partial charge in [0.1, 0.15) is 16.0 Å². The number of nitrogens with zero attached hydrogens (tertiary/aromatic N) is 3. The number of carbonyl (C=O) groups excluding carboxylic acids is 2. The van der Waals surface area contributed by atoms with Gasteiger partial charge in [-0.1, -0.05) is 18.1 Å². The highest BCUT2D eigenvalue weighted by Gasteiger charge is 2.30. The van der Waals surface area contributed by atoms with Crippen LogP contribution in [-0.2, 0) is 4.74 Å². The van der Waals surface area contributed by atoms with Gasteiger partial charge in [-0.05, 0) is 40.9 Å². The Morgan fingerprint density at radius 3 is 2.41 bits per heavy atom. The van der Waals surface area contributed by atoms with Gasteiger partial charge in [-0.25, -0.2) is 9.48 Å². The van der Waals surface area contributed by atoms with E-state index >= 15 is 0 Å². The quantitative estimate of drug-likeness (QED) is 0.652. The molecule has 1 amide bonds. The fourth-order valence-electron chi connectivity index (χ4n) is 3.49. The van der Waals surface area contributed by atoms with Crippen LogP contribution in [0.4, 0.5) is 0 Å². The van der Waals surface area contributed by atoms with E-state index in [1.807, 2.05) is 0 Å². The van der Waals surface area contributed by atoms with Gasteiger partial charge in [-0.15, -0.1) is 5.10 Å². The Labute approximate surface area is 176 Å². The number of nitrogens with one attached hydrogen (secondary N) is 1. The summed E-state index contributed by atoms with van der Waals surface area (Å²) >= 11 is 3.41. The Kier molecular flexibility index (Phi) is 6.73. The van der Waals surface area contributed by atoms with Crippen molar-refractivity contribution in [3.05, 3.63) is 34.1 Å². The van der Waals surface area contributed by atoms with Crippen molar-refractivity contribution in [2.45, 2.75) is 37.8 Å². The third-order valence-corrected chi connectivity index (χ3v) is 5.78. The zero-order valence-electron chi connectivity index (χ0n) is 16.5. The molecular weight excluding hydrogens is 444 g/mol. The lowest BCUT2D eigenvalue weighted by Gasteiger charge is -2.32. The second-order valence-electron chi connectivity index (χ2n) is 6.70. The number of methoxy groups -OCH3 is 3. The number of benzene rings is 1. The molecule has 2 atom stereocenters. The minimum absolute atomic E-state index is 0.0992. The highest BCUT2D eigenvalue weighted by molar-refractivity contribution is 9.10. The molecule has 1 fully saturated rings. The maximum atomic E-state index is 12.9. The van der Waals surface area contributed by atoms with E-state index in [1.165, 1.54) is 21.3 Å². The molecule has 0 bridgehead atoms. The standard InChI is InChI=1S/C19H23BrN4O5/c1-27-15-8-11(9-16(28-2)17(15)20)18(25)21-12-6-4-5-7-14(12)24-10-13(22-23-24)19(26)29-3/h8-10,12,14H,4-7H2,1-3H3,(H,21,25)/t12-,14+/m0/s1. The Morgan fingerprint density at radius 2 is 1.79 bits per heavy atom. The highest BCUT2D eigenvalue weighted by atomic mass is 79.9. The molecule has 1 N–H and O–H groups in total. The van der Waals surface area contributed by atoms with Gasteiger partial charge in [-0.3, -0.25) is 4.79 Å². The number of hydrogen-bond donors (Lipinski definition) is 1. The summed E-state index contributed by atoms with van der Waals surface area (Å²) < 4.78 is 17.6. The third kappa shape index (κ3) is 4.52. The Balaban J connectivity index is 1.81. The molecule has 0 unspecified atom stereocenters. The summed E-state index contributed by atoms with van der Waals surface area (Å²) in [6.45, 7) is 0. The van der Waals surface area contributed by atoms with Gasteiger partial charge in [0, 0.05) is 5.56 Å². The van der Waals surface area contributed by atoms with E-state index in [2.05, 4.69) is 36.3 Å². The number of hydrogen-bond acceptors (Lipinski definition) is 7. The monoisotopic (exact) mass is 466 g/mol. The van der Waals surface area contributed by atoms with E-state index in [0.29, 0.717) is 21.5 Å². The first-order chi connectivity index (χ1) is 14.0. The van der Waals surface area contributed by atoms with Gasteiger partial charge in [0.2, 0.25) is 0 Å². The van der Waals surface area contributed by atoms with E-state index in [-0.39, 0.29) is 23.7 Å². The lowest BCUT2D eigenvalue weighted by molar-refractivity contribution is 0.0593. The number of amides is 1. The summed E-state index contributed by atoms with van der Waals surface area (Å²) in [6, 6.07) is 3.07. The van der Waals surface area contributed by atoms with E-state index in [4.69, 9.17) is 9.47 Å². The van der Waals surface area contributed by atoms with Gasteiger partial charge in [0.05, 0.1) is 39.6 Å². The van der Waals surface area contributed by atoms with Crippen LogP contribution in [0.15, 0.2) is 22.8 Å². The first kappa shape index (κ1) is 21.1. The van der Waals surface area contributed by atoms with Crippen LogP contribution in [0.2, 0.25) is 0 Å². The summed E-state index contributed by atoms with van der Waals surface area (Å²) in [5, 5.41) is 11.0. The molecular formula is C19H23BrN4O5. The summed E-state index contributed by atoms with van der Waals surface area (Å²) in [5.74, 6) is 0.239. The summed E-state index contributed by atoms with van der Waals surface area (Å²) in [6.07, 6.45) is 5.18. The molecule has 2 aromatic rings. The van der Waals surface area contributed by atoms with Gasteiger partial charge < -0.3 is 19.5 Å². The number of ether oxygens (including phenoxy) is 3. The average Bonchev–Trinajstić information content (AvgIpc) is 3.23. The predicted octanol–water partition coefficient (Wildman–Crippen LogP) is 2.76. The molecule has 3 rings (SSSR count). The number of rotatable bonds is 6. The molecule has 0 radical (unpaired) electrons. The number of aromatic nitrogens is 3. The lowest BCUT2D eigenvalue weighted by atomic mass is 9.90. The Bertz CT molecular complexity index is 875. The van der Waals surface area contributed by atoms with Crippen molar-refractivity contribution in [2.24, 2.45) is 0 Å². The molecule has 0 spiro atoms. The summed E-state index contributed by atoms with van der Waals surface area (Å²) in [4.78, 5) is 24.6. The molecule has 1 aliphatic carbocycles. The van der Waals surface area contributed by atoms with Crippen LogP contribution in [0.5, 0.6) is 11.5 Å². The number of halogens is 1. The predicted molar refractivity (Wildman–Crippen MR) is 107 cm³/mol. The molecule has 1 aromatic carbocycles. The van der Waals surface area contributed by atoms with Gasteiger partial charge in [-0.2, -0.15) is 0 Å². The van der Waals surface area contributed by atoms with Crippen molar-refractivity contribution in [2.75, 3.05) is 21.3 Å². The van der Waals surface area contributed by atoms with E-state index in [9.17, 15) is 9.59 Å².